The fourth-order valence-electron chi connectivity index (χ4n) is 3.36. The van der Waals surface area contributed by atoms with Crippen LogP contribution in [0.5, 0.6) is 0 Å². The first kappa shape index (κ1) is 26.0. The van der Waals surface area contributed by atoms with Crippen molar-refractivity contribution in [3.63, 3.8) is 0 Å². The van der Waals surface area contributed by atoms with E-state index in [-0.39, 0.29) is 17.7 Å². The quantitative estimate of drug-likeness (QED) is 0.313. The molecule has 3 aromatic rings. The number of hydrogen-bond donors (Lipinski definition) is 1. The van der Waals surface area contributed by atoms with E-state index in [9.17, 15) is 9.59 Å². The molecular weight excluding hydrogens is 514 g/mol. The molecule has 0 aliphatic rings. The minimum absolute atomic E-state index is 0.0224. The smallest absolute Gasteiger partial charge is 0.337 e. The van der Waals surface area contributed by atoms with Crippen molar-refractivity contribution in [2.75, 3.05) is 0 Å². The van der Waals surface area contributed by atoms with Gasteiger partial charge < -0.3 is 10.1 Å². The molecule has 0 saturated carbocycles. The summed E-state index contributed by atoms with van der Waals surface area (Å²) in [6.07, 6.45) is 1.63. The third kappa shape index (κ3) is 6.30. The molecule has 8 heteroatoms. The Kier molecular flexibility index (Phi) is 7.62. The van der Waals surface area contributed by atoms with Gasteiger partial charge in [0.15, 0.2) is 5.54 Å². The number of halogens is 1. The molecule has 2 heterocycles. The van der Waals surface area contributed by atoms with Gasteiger partial charge in [-0.05, 0) is 65.9 Å². The minimum Gasteiger partial charge on any atom is -0.458 e. The number of aromatic nitrogens is 2. The van der Waals surface area contributed by atoms with Gasteiger partial charge in [0.1, 0.15) is 16.0 Å². The maximum absolute atomic E-state index is 13.8. The lowest BCUT2D eigenvalue weighted by Gasteiger charge is -2.35. The minimum atomic E-state index is -1.53. The van der Waals surface area contributed by atoms with Crippen molar-refractivity contribution in [1.82, 2.24) is 15.3 Å². The van der Waals surface area contributed by atoms with E-state index in [1.807, 2.05) is 24.3 Å². The molecule has 6 nitrogen and oxygen atoms in total. The summed E-state index contributed by atoms with van der Waals surface area (Å²) < 4.78 is 6.42. The highest BCUT2D eigenvalue weighted by atomic mass is 79.9. The van der Waals surface area contributed by atoms with Crippen molar-refractivity contribution < 1.29 is 14.3 Å². The third-order valence-corrected chi connectivity index (χ3v) is 6.96. The summed E-state index contributed by atoms with van der Waals surface area (Å²) >= 11 is 4.78. The summed E-state index contributed by atoms with van der Waals surface area (Å²) in [7, 11) is 0. The van der Waals surface area contributed by atoms with Crippen LogP contribution in [0.25, 0.3) is 0 Å². The number of nitrogens with zero attached hydrogens (tertiary/aromatic N) is 2. The number of rotatable bonds is 6. The topological polar surface area (TPSA) is 81.2 Å². The number of amides is 1. The average Bonchev–Trinajstić information content (AvgIpc) is 3.24. The first-order valence-electron chi connectivity index (χ1n) is 11.0. The normalized spacial score (nSPS) is 13.7. The van der Waals surface area contributed by atoms with Gasteiger partial charge in [0.25, 0.3) is 5.91 Å². The van der Waals surface area contributed by atoms with Crippen LogP contribution >= 0.6 is 27.3 Å². The van der Waals surface area contributed by atoms with E-state index >= 15 is 0 Å². The Balaban J connectivity index is 2.12. The number of hydrogen-bond acceptors (Lipinski definition) is 6. The van der Waals surface area contributed by atoms with Gasteiger partial charge in [-0.2, -0.15) is 0 Å². The second-order valence-electron chi connectivity index (χ2n) is 10.1. The van der Waals surface area contributed by atoms with Crippen molar-refractivity contribution in [3.8, 4) is 0 Å². The highest BCUT2D eigenvalue weighted by Gasteiger charge is 2.46. The van der Waals surface area contributed by atoms with Crippen molar-refractivity contribution in [2.45, 2.75) is 64.5 Å². The molecule has 0 spiro atoms. The first-order valence-corrected chi connectivity index (χ1v) is 12.6. The van der Waals surface area contributed by atoms with Crippen molar-refractivity contribution >= 4 is 39.1 Å². The van der Waals surface area contributed by atoms with E-state index in [2.05, 4.69) is 52.0 Å². The van der Waals surface area contributed by atoms with Gasteiger partial charge in [0.2, 0.25) is 0 Å². The lowest BCUT2D eigenvalue weighted by Crippen LogP contribution is -2.55. The molecule has 0 bridgehead atoms. The number of carbonyl (C=O) groups excluding carboxylic acids is 2. The van der Waals surface area contributed by atoms with Crippen LogP contribution in [0.2, 0.25) is 0 Å². The van der Waals surface area contributed by atoms with E-state index in [1.54, 1.807) is 51.2 Å². The molecule has 0 saturated heterocycles. The van der Waals surface area contributed by atoms with Crippen LogP contribution in [0.3, 0.4) is 0 Å². The molecule has 1 amide bonds. The SMILES string of the molecule is CC(C)(C)OC(=O)C(Cc1nccc(Br)n1)(NC(=O)c1ccc(C(C)(C)C)s1)c1ccccc1. The Labute approximate surface area is 213 Å². The number of nitrogens with one attached hydrogen (secondary N) is 1. The van der Waals surface area contributed by atoms with Crippen LogP contribution in [0.4, 0.5) is 0 Å². The summed E-state index contributed by atoms with van der Waals surface area (Å²) in [4.78, 5) is 37.7. The predicted octanol–water partition coefficient (Wildman–Crippen LogP) is 5.81. The van der Waals surface area contributed by atoms with E-state index in [4.69, 9.17) is 4.74 Å². The number of thiophene rings is 1. The first-order chi connectivity index (χ1) is 15.8. The molecule has 1 N–H and O–H groups in total. The van der Waals surface area contributed by atoms with Gasteiger partial charge in [-0.3, -0.25) is 4.79 Å². The molecule has 0 fully saturated rings. The summed E-state index contributed by atoms with van der Waals surface area (Å²) in [5, 5.41) is 3.02. The van der Waals surface area contributed by atoms with Crippen molar-refractivity contribution in [2.24, 2.45) is 0 Å². The van der Waals surface area contributed by atoms with E-state index < -0.39 is 17.1 Å². The molecule has 0 aliphatic heterocycles. The molecule has 1 unspecified atom stereocenters. The van der Waals surface area contributed by atoms with Gasteiger partial charge in [0.05, 0.1) is 4.88 Å². The van der Waals surface area contributed by atoms with E-state index in [1.165, 1.54) is 11.3 Å². The van der Waals surface area contributed by atoms with Crippen molar-refractivity contribution in [3.05, 3.63) is 80.5 Å². The maximum atomic E-state index is 13.8. The molecule has 180 valence electrons. The fourth-order valence-corrected chi connectivity index (χ4v) is 4.64. The summed E-state index contributed by atoms with van der Waals surface area (Å²) in [5.41, 5.74) is -1.79. The van der Waals surface area contributed by atoms with Crippen LogP contribution in [0, 0.1) is 0 Å². The molecule has 0 aliphatic carbocycles. The van der Waals surface area contributed by atoms with Gasteiger partial charge in [-0.25, -0.2) is 14.8 Å². The number of benzene rings is 1. The Morgan fingerprint density at radius 1 is 1.00 bits per heavy atom. The maximum Gasteiger partial charge on any atom is 0.337 e. The van der Waals surface area contributed by atoms with Crippen molar-refractivity contribution in [1.29, 1.82) is 0 Å². The van der Waals surface area contributed by atoms with Crippen LogP contribution in [-0.4, -0.2) is 27.4 Å². The molecule has 0 radical (unpaired) electrons. The van der Waals surface area contributed by atoms with E-state index in [0.717, 1.165) is 4.88 Å². The summed E-state index contributed by atoms with van der Waals surface area (Å²) in [6, 6.07) is 14.6. The highest BCUT2D eigenvalue weighted by Crippen LogP contribution is 2.33. The van der Waals surface area contributed by atoms with Gasteiger partial charge in [-0.15, -0.1) is 11.3 Å². The zero-order valence-electron chi connectivity index (χ0n) is 20.3. The fraction of sp³-hybridized carbons (Fsp3) is 0.385. The molecule has 3 rings (SSSR count). The lowest BCUT2D eigenvalue weighted by molar-refractivity contribution is -0.163. The number of ether oxygens (including phenoxy) is 1. The molecule has 34 heavy (non-hydrogen) atoms. The van der Waals surface area contributed by atoms with E-state index in [0.29, 0.717) is 20.9 Å². The lowest BCUT2D eigenvalue weighted by atomic mass is 9.85. The van der Waals surface area contributed by atoms with Gasteiger partial charge in [-0.1, -0.05) is 51.1 Å². The molecule has 1 atom stereocenters. The monoisotopic (exact) mass is 543 g/mol. The molecular formula is C26H30BrN3O3S. The Bertz CT molecular complexity index is 1170. The highest BCUT2D eigenvalue weighted by molar-refractivity contribution is 9.10. The number of esters is 1. The summed E-state index contributed by atoms with van der Waals surface area (Å²) in [5.74, 6) is -0.535. The zero-order valence-corrected chi connectivity index (χ0v) is 22.7. The Morgan fingerprint density at radius 2 is 1.68 bits per heavy atom. The zero-order chi connectivity index (χ0) is 25.1. The molecule has 1 aromatic carbocycles. The second-order valence-corrected chi connectivity index (χ2v) is 12.0. The van der Waals surface area contributed by atoms with Crippen LogP contribution < -0.4 is 5.32 Å². The number of carbonyl (C=O) groups is 2. The van der Waals surface area contributed by atoms with Crippen LogP contribution in [0.15, 0.2) is 59.3 Å². The van der Waals surface area contributed by atoms with Gasteiger partial charge >= 0.3 is 5.97 Å². The predicted molar refractivity (Wildman–Crippen MR) is 138 cm³/mol. The third-order valence-electron chi connectivity index (χ3n) is 5.00. The Morgan fingerprint density at radius 3 is 2.24 bits per heavy atom. The Hall–Kier alpha value is -2.58. The van der Waals surface area contributed by atoms with Crippen LogP contribution in [-0.2, 0) is 26.9 Å². The standard InChI is InChI=1S/C26H30BrN3O3S/c1-24(2,3)19-13-12-18(34-19)22(31)30-26(17-10-8-7-9-11-17,23(32)33-25(4,5)6)16-21-28-15-14-20(27)29-21/h7-15H,16H2,1-6H3,(H,30,31). The molecule has 2 aromatic heterocycles. The van der Waals surface area contributed by atoms with Crippen LogP contribution in [0.1, 0.15) is 67.5 Å². The largest absolute Gasteiger partial charge is 0.458 e. The van der Waals surface area contributed by atoms with Gasteiger partial charge in [0, 0.05) is 17.5 Å². The second kappa shape index (κ2) is 9.96. The average molecular weight is 545 g/mol. The summed E-state index contributed by atoms with van der Waals surface area (Å²) in [6.45, 7) is 11.7.